The van der Waals surface area contributed by atoms with Gasteiger partial charge in [-0.25, -0.2) is 0 Å². The van der Waals surface area contributed by atoms with Crippen LogP contribution in [0.15, 0.2) is 48.0 Å². The van der Waals surface area contributed by atoms with Crippen molar-refractivity contribution in [3.05, 3.63) is 64.7 Å². The summed E-state index contributed by atoms with van der Waals surface area (Å²) < 4.78 is 15.6. The lowest BCUT2D eigenvalue weighted by Crippen LogP contribution is -2.32. The van der Waals surface area contributed by atoms with Crippen LogP contribution in [0.4, 0.5) is 0 Å². The zero-order valence-electron chi connectivity index (χ0n) is 17.5. The number of Topliss-reactive ketones (excluding diaryl/α,β-unsaturated/α-hetero) is 1. The molecule has 0 bridgehead atoms. The van der Waals surface area contributed by atoms with E-state index in [0.717, 1.165) is 5.56 Å². The van der Waals surface area contributed by atoms with E-state index >= 15 is 0 Å². The number of aryl methyl sites for hydroxylation is 1. The Morgan fingerprint density at radius 2 is 1.73 bits per heavy atom. The fourth-order valence-corrected chi connectivity index (χ4v) is 3.61. The van der Waals surface area contributed by atoms with Crippen LogP contribution >= 0.6 is 0 Å². The average Bonchev–Trinajstić information content (AvgIpc) is 3.01. The van der Waals surface area contributed by atoms with Crippen LogP contribution in [0.1, 0.15) is 22.7 Å². The third kappa shape index (κ3) is 3.89. The van der Waals surface area contributed by atoms with Crippen LogP contribution in [0.5, 0.6) is 11.5 Å². The maximum Gasteiger partial charge on any atom is 0.295 e. The number of aliphatic hydroxyl groups excluding tert-OH is 1. The second kappa shape index (κ2) is 9.00. The Hall–Kier alpha value is -3.32. The maximum atomic E-state index is 12.9. The normalized spacial score (nSPS) is 18.0. The number of likely N-dealkylation sites (tertiary alicyclic amines) is 1. The summed E-state index contributed by atoms with van der Waals surface area (Å²) in [4.78, 5) is 27.1. The summed E-state index contributed by atoms with van der Waals surface area (Å²) in [6, 6.07) is 11.4. The molecule has 1 atom stereocenters. The van der Waals surface area contributed by atoms with Gasteiger partial charge >= 0.3 is 0 Å². The number of hydrogen-bond donors (Lipinski definition) is 1. The first-order valence-electron chi connectivity index (χ1n) is 9.49. The van der Waals surface area contributed by atoms with E-state index < -0.39 is 17.7 Å². The summed E-state index contributed by atoms with van der Waals surface area (Å²) in [5.41, 5.74) is 1.98. The van der Waals surface area contributed by atoms with Crippen molar-refractivity contribution < 1.29 is 28.9 Å². The predicted molar refractivity (Wildman–Crippen MR) is 112 cm³/mol. The van der Waals surface area contributed by atoms with Crippen LogP contribution in [0.3, 0.4) is 0 Å². The molecule has 30 heavy (non-hydrogen) atoms. The Bertz CT molecular complexity index is 980. The fraction of sp³-hybridized carbons (Fsp3) is 0.304. The topological polar surface area (TPSA) is 85.3 Å². The lowest BCUT2D eigenvalue weighted by atomic mass is 9.94. The van der Waals surface area contributed by atoms with Gasteiger partial charge in [-0.3, -0.25) is 9.59 Å². The van der Waals surface area contributed by atoms with Gasteiger partial charge < -0.3 is 24.2 Å². The molecule has 0 saturated carbocycles. The zero-order chi connectivity index (χ0) is 21.8. The number of benzene rings is 2. The van der Waals surface area contributed by atoms with Crippen LogP contribution in [0, 0.1) is 6.92 Å². The summed E-state index contributed by atoms with van der Waals surface area (Å²) >= 11 is 0. The molecule has 7 nitrogen and oxygen atoms in total. The molecule has 1 saturated heterocycles. The van der Waals surface area contributed by atoms with Crippen molar-refractivity contribution in [1.82, 2.24) is 4.90 Å². The Morgan fingerprint density at radius 3 is 2.30 bits per heavy atom. The highest BCUT2D eigenvalue weighted by Crippen LogP contribution is 2.40. The van der Waals surface area contributed by atoms with Gasteiger partial charge in [-0.05, 0) is 48.4 Å². The largest absolute Gasteiger partial charge is 0.507 e. The Morgan fingerprint density at radius 1 is 1.03 bits per heavy atom. The molecule has 0 radical (unpaired) electrons. The number of carbonyl (C=O) groups is 2. The first kappa shape index (κ1) is 21.4. The molecule has 7 heteroatoms. The first-order valence-corrected chi connectivity index (χ1v) is 9.49. The molecular formula is C23H25NO6. The van der Waals surface area contributed by atoms with Crippen LogP contribution in [-0.4, -0.2) is 56.2 Å². The summed E-state index contributed by atoms with van der Waals surface area (Å²) in [6.45, 7) is 2.32. The summed E-state index contributed by atoms with van der Waals surface area (Å²) in [6.07, 6.45) is 0. The molecule has 3 rings (SSSR count). The summed E-state index contributed by atoms with van der Waals surface area (Å²) in [5.74, 6) is -0.297. The fourth-order valence-electron chi connectivity index (χ4n) is 3.61. The molecule has 1 aliphatic rings. The van der Waals surface area contributed by atoms with Gasteiger partial charge in [-0.15, -0.1) is 0 Å². The number of aliphatic hydroxyl groups is 1. The van der Waals surface area contributed by atoms with Gasteiger partial charge in [0.05, 0.1) is 32.4 Å². The number of ketones is 1. The lowest BCUT2D eigenvalue weighted by molar-refractivity contribution is -0.140. The van der Waals surface area contributed by atoms with E-state index in [-0.39, 0.29) is 24.5 Å². The van der Waals surface area contributed by atoms with E-state index in [0.29, 0.717) is 22.6 Å². The molecule has 158 valence electrons. The van der Waals surface area contributed by atoms with Crippen LogP contribution in [-0.2, 0) is 14.3 Å². The third-order valence-corrected chi connectivity index (χ3v) is 5.18. The highest BCUT2D eigenvalue weighted by molar-refractivity contribution is 6.46. The number of hydrogen-bond acceptors (Lipinski definition) is 6. The minimum Gasteiger partial charge on any atom is -0.507 e. The quantitative estimate of drug-likeness (QED) is 0.428. The molecule has 0 spiro atoms. The van der Waals surface area contributed by atoms with Crippen molar-refractivity contribution in [2.24, 2.45) is 0 Å². The number of ether oxygens (including phenoxy) is 3. The minimum absolute atomic E-state index is 0.0471. The van der Waals surface area contributed by atoms with Gasteiger partial charge in [-0.2, -0.15) is 0 Å². The van der Waals surface area contributed by atoms with Gasteiger partial charge in [0, 0.05) is 19.2 Å². The van der Waals surface area contributed by atoms with Crippen molar-refractivity contribution in [1.29, 1.82) is 0 Å². The second-order valence-corrected chi connectivity index (χ2v) is 6.94. The molecule has 1 fully saturated rings. The molecule has 1 aliphatic heterocycles. The monoisotopic (exact) mass is 411 g/mol. The molecule has 2 aromatic carbocycles. The number of rotatable bonds is 7. The van der Waals surface area contributed by atoms with Crippen molar-refractivity contribution in [3.8, 4) is 11.5 Å². The van der Waals surface area contributed by atoms with E-state index in [2.05, 4.69) is 0 Å². The standard InChI is InChI=1S/C23H25NO6/c1-14-13-16(7-10-18(14)30-4)21(25)19-20(15-5-8-17(29-3)9-6-15)24(11-12-28-2)23(27)22(19)26/h5-10,13,20,25H,11-12H2,1-4H3/b21-19-. The molecule has 1 heterocycles. The average molecular weight is 411 g/mol. The number of carbonyl (C=O) groups excluding carboxylic acids is 2. The molecule has 0 aliphatic carbocycles. The van der Waals surface area contributed by atoms with Gasteiger partial charge in [0.15, 0.2) is 0 Å². The van der Waals surface area contributed by atoms with Crippen LogP contribution in [0.25, 0.3) is 5.76 Å². The van der Waals surface area contributed by atoms with Gasteiger partial charge in [0.2, 0.25) is 0 Å². The molecule has 1 N–H and O–H groups in total. The SMILES string of the molecule is COCCN1C(=O)C(=O)/C(=C(\O)c2ccc(OC)c(C)c2)C1c1ccc(OC)cc1. The Balaban J connectivity index is 2.14. The van der Waals surface area contributed by atoms with Crippen molar-refractivity contribution in [2.75, 3.05) is 34.5 Å². The molecule has 1 unspecified atom stereocenters. The highest BCUT2D eigenvalue weighted by atomic mass is 16.5. The second-order valence-electron chi connectivity index (χ2n) is 6.94. The zero-order valence-corrected chi connectivity index (χ0v) is 17.5. The maximum absolute atomic E-state index is 12.9. The first-order chi connectivity index (χ1) is 14.4. The Kier molecular flexibility index (Phi) is 6.42. The van der Waals surface area contributed by atoms with E-state index in [1.165, 1.54) is 12.0 Å². The van der Waals surface area contributed by atoms with Gasteiger partial charge in [0.25, 0.3) is 11.7 Å². The predicted octanol–water partition coefficient (Wildman–Crippen LogP) is 3.08. The summed E-state index contributed by atoms with van der Waals surface area (Å²) in [7, 11) is 4.65. The van der Waals surface area contributed by atoms with Crippen LogP contribution in [0.2, 0.25) is 0 Å². The van der Waals surface area contributed by atoms with E-state index in [9.17, 15) is 14.7 Å². The lowest BCUT2D eigenvalue weighted by Gasteiger charge is -2.25. The summed E-state index contributed by atoms with van der Waals surface area (Å²) in [5, 5.41) is 11.1. The van der Waals surface area contributed by atoms with E-state index in [4.69, 9.17) is 14.2 Å². The number of methoxy groups -OCH3 is 3. The molecule has 2 aromatic rings. The molecule has 1 amide bonds. The smallest absolute Gasteiger partial charge is 0.295 e. The highest BCUT2D eigenvalue weighted by Gasteiger charge is 2.45. The minimum atomic E-state index is -0.728. The van der Waals surface area contributed by atoms with Crippen molar-refractivity contribution >= 4 is 17.4 Å². The van der Waals surface area contributed by atoms with Crippen molar-refractivity contribution in [3.63, 3.8) is 0 Å². The van der Waals surface area contributed by atoms with Gasteiger partial charge in [0.1, 0.15) is 17.3 Å². The molecular weight excluding hydrogens is 386 g/mol. The number of nitrogens with zero attached hydrogens (tertiary/aromatic N) is 1. The van der Waals surface area contributed by atoms with Crippen molar-refractivity contribution in [2.45, 2.75) is 13.0 Å². The third-order valence-electron chi connectivity index (χ3n) is 5.18. The van der Waals surface area contributed by atoms with E-state index in [1.807, 2.05) is 6.92 Å². The Labute approximate surface area is 175 Å². The van der Waals surface area contributed by atoms with Crippen LogP contribution < -0.4 is 9.47 Å². The molecule has 0 aromatic heterocycles. The number of amides is 1. The van der Waals surface area contributed by atoms with E-state index in [1.54, 1.807) is 56.7 Å². The van der Waals surface area contributed by atoms with Gasteiger partial charge in [-0.1, -0.05) is 12.1 Å².